The van der Waals surface area contributed by atoms with Crippen molar-refractivity contribution >= 4 is 81.5 Å². The van der Waals surface area contributed by atoms with Gasteiger partial charge in [-0.3, -0.25) is 4.79 Å². The van der Waals surface area contributed by atoms with E-state index in [1.165, 1.54) is 4.90 Å². The number of urea groups is 1. The van der Waals surface area contributed by atoms with Gasteiger partial charge in [0.2, 0.25) is 6.17 Å². The molecule has 7 nitrogen and oxygen atoms in total. The van der Waals surface area contributed by atoms with Crippen LogP contribution in [0.4, 0.5) is 21.9 Å². The lowest BCUT2D eigenvalue weighted by Crippen LogP contribution is -2.46. The molecule has 1 aliphatic heterocycles. The topological polar surface area (TPSA) is 68.2 Å². The van der Waals surface area contributed by atoms with Gasteiger partial charge >= 0.3 is 6.03 Å². The molecule has 1 unspecified atom stereocenters. The quantitative estimate of drug-likeness (QED) is 0.264. The lowest BCUT2D eigenvalue weighted by molar-refractivity contribution is -0.121. The Kier molecular flexibility index (Phi) is 7.44. The second kappa shape index (κ2) is 10.8. The van der Waals surface area contributed by atoms with Crippen molar-refractivity contribution in [2.24, 2.45) is 4.99 Å². The number of nitrogens with zero attached hydrogens (tertiary/aromatic N) is 4. The maximum atomic E-state index is 13.7. The molecule has 0 fully saturated rings. The highest BCUT2D eigenvalue weighted by atomic mass is 35.5. The van der Waals surface area contributed by atoms with Gasteiger partial charge in [0.1, 0.15) is 0 Å². The molecular weight excluding hydrogens is 553 g/mol. The minimum atomic E-state index is -1.29. The smallest absolute Gasteiger partial charge is 0.334 e. The SMILES string of the molecule is CN(C)c1ccc(NC(=O)N(S)C2N=C(c3ccccc3Cl)c3cc(Cl)ccc3N(C)C2=O)c2ccccc12. The van der Waals surface area contributed by atoms with Crippen LogP contribution >= 0.6 is 36.0 Å². The molecular formula is C29H25Cl2N5O2S. The Hall–Kier alpha value is -3.72. The van der Waals surface area contributed by atoms with Crippen molar-refractivity contribution in [2.75, 3.05) is 36.3 Å². The molecule has 39 heavy (non-hydrogen) atoms. The highest BCUT2D eigenvalue weighted by molar-refractivity contribution is 7.78. The number of benzene rings is 4. The third kappa shape index (κ3) is 5.03. The van der Waals surface area contributed by atoms with Crippen LogP contribution < -0.4 is 15.1 Å². The van der Waals surface area contributed by atoms with Crippen LogP contribution in [-0.2, 0) is 4.79 Å². The second-order valence-corrected chi connectivity index (χ2v) is 10.5. The molecule has 0 spiro atoms. The minimum Gasteiger partial charge on any atom is -0.377 e. The van der Waals surface area contributed by atoms with E-state index in [1.54, 1.807) is 43.4 Å². The molecule has 3 amide bonds. The Bertz CT molecular complexity index is 1640. The summed E-state index contributed by atoms with van der Waals surface area (Å²) in [6.07, 6.45) is -1.29. The molecule has 1 heterocycles. The van der Waals surface area contributed by atoms with Crippen LogP contribution in [0.5, 0.6) is 0 Å². The molecule has 10 heteroatoms. The predicted octanol–water partition coefficient (Wildman–Crippen LogP) is 6.73. The van der Waals surface area contributed by atoms with Gasteiger partial charge in [-0.15, -0.1) is 0 Å². The number of rotatable bonds is 4. The number of carbonyl (C=O) groups is 2. The zero-order valence-corrected chi connectivity index (χ0v) is 23.8. The maximum Gasteiger partial charge on any atom is 0.334 e. The molecule has 4 aromatic carbocycles. The van der Waals surface area contributed by atoms with Crippen molar-refractivity contribution in [1.29, 1.82) is 0 Å². The third-order valence-corrected chi connectivity index (χ3v) is 7.54. The molecule has 1 aliphatic rings. The summed E-state index contributed by atoms with van der Waals surface area (Å²) in [6, 6.07) is 23.3. The van der Waals surface area contributed by atoms with E-state index in [9.17, 15) is 9.59 Å². The molecule has 5 rings (SSSR count). The molecule has 0 bridgehead atoms. The number of hydrogen-bond acceptors (Lipinski definition) is 5. The first-order valence-electron chi connectivity index (χ1n) is 12.1. The highest BCUT2D eigenvalue weighted by Crippen LogP contribution is 2.34. The van der Waals surface area contributed by atoms with Gasteiger partial charge in [0.25, 0.3) is 5.91 Å². The number of anilines is 3. The predicted molar refractivity (Wildman–Crippen MR) is 164 cm³/mol. The zero-order chi connectivity index (χ0) is 27.8. The van der Waals surface area contributed by atoms with Gasteiger partial charge < -0.3 is 15.1 Å². The van der Waals surface area contributed by atoms with Crippen LogP contribution in [-0.4, -0.2) is 49.3 Å². The summed E-state index contributed by atoms with van der Waals surface area (Å²) in [5.74, 6) is -0.446. The number of hydrogen-bond donors (Lipinski definition) is 2. The first-order chi connectivity index (χ1) is 18.7. The van der Waals surface area contributed by atoms with E-state index in [4.69, 9.17) is 28.2 Å². The Labute approximate surface area is 242 Å². The molecule has 0 radical (unpaired) electrons. The summed E-state index contributed by atoms with van der Waals surface area (Å²) >= 11 is 17.4. The molecule has 0 saturated carbocycles. The standard InChI is InChI=1S/C29H25Cl2N5O2S/c1-34(2)24-15-13-23(18-8-4-5-9-19(18)24)32-29(38)36(39)27-28(37)35(3)25-14-12-17(30)16-21(25)26(33-27)20-10-6-7-11-22(20)31/h4-16,27,39H,1-3H3,(H,32,38). The Morgan fingerprint density at radius 1 is 0.949 bits per heavy atom. The molecule has 1 atom stereocenters. The summed E-state index contributed by atoms with van der Waals surface area (Å²) in [5.41, 5.74) is 3.81. The average molecular weight is 579 g/mol. The molecule has 0 aromatic heterocycles. The summed E-state index contributed by atoms with van der Waals surface area (Å²) in [4.78, 5) is 35.4. The molecule has 0 saturated heterocycles. The van der Waals surface area contributed by atoms with Gasteiger partial charge in [-0.05, 0) is 36.4 Å². The van der Waals surface area contributed by atoms with Crippen LogP contribution in [0.1, 0.15) is 11.1 Å². The number of fused-ring (bicyclic) bond motifs is 2. The number of halogens is 2. The second-order valence-electron chi connectivity index (χ2n) is 9.24. The van der Waals surface area contributed by atoms with Gasteiger partial charge in [0.05, 0.1) is 17.1 Å². The van der Waals surface area contributed by atoms with Crippen LogP contribution in [0.25, 0.3) is 10.8 Å². The van der Waals surface area contributed by atoms with E-state index in [-0.39, 0.29) is 0 Å². The van der Waals surface area contributed by atoms with Gasteiger partial charge in [0.15, 0.2) is 0 Å². The zero-order valence-electron chi connectivity index (χ0n) is 21.4. The minimum absolute atomic E-state index is 0.424. The van der Waals surface area contributed by atoms with E-state index >= 15 is 0 Å². The molecule has 0 aliphatic carbocycles. The molecule has 1 N–H and O–H groups in total. The molecule has 198 valence electrons. The summed E-state index contributed by atoms with van der Waals surface area (Å²) in [5, 5.41) is 5.65. The van der Waals surface area contributed by atoms with E-state index < -0.39 is 18.1 Å². The number of thiol groups is 1. The number of aliphatic imine (C=N–C) groups is 1. The normalized spacial score (nSPS) is 14.9. The van der Waals surface area contributed by atoms with Gasteiger partial charge in [0, 0.05) is 58.8 Å². The highest BCUT2D eigenvalue weighted by Gasteiger charge is 2.36. The van der Waals surface area contributed by atoms with E-state index in [0.29, 0.717) is 38.3 Å². The van der Waals surface area contributed by atoms with Crippen molar-refractivity contribution < 1.29 is 9.59 Å². The van der Waals surface area contributed by atoms with Gasteiger partial charge in [-0.2, -0.15) is 0 Å². The van der Waals surface area contributed by atoms with Crippen molar-refractivity contribution in [3.05, 3.63) is 100 Å². The number of amides is 3. The fourth-order valence-electron chi connectivity index (χ4n) is 4.62. The average Bonchev–Trinajstić information content (AvgIpc) is 3.02. The van der Waals surface area contributed by atoms with E-state index in [2.05, 4.69) is 18.1 Å². The van der Waals surface area contributed by atoms with Crippen molar-refractivity contribution in [3.8, 4) is 0 Å². The van der Waals surface area contributed by atoms with Crippen LogP contribution in [0.3, 0.4) is 0 Å². The number of likely N-dealkylation sites (N-methyl/N-ethyl adjacent to an activating group) is 1. The van der Waals surface area contributed by atoms with E-state index in [0.717, 1.165) is 20.8 Å². The largest absolute Gasteiger partial charge is 0.377 e. The van der Waals surface area contributed by atoms with Gasteiger partial charge in [-0.1, -0.05) is 78.5 Å². The van der Waals surface area contributed by atoms with E-state index in [1.807, 2.05) is 61.5 Å². The van der Waals surface area contributed by atoms with Crippen molar-refractivity contribution in [1.82, 2.24) is 4.31 Å². The Morgan fingerprint density at radius 3 is 2.36 bits per heavy atom. The maximum absolute atomic E-state index is 13.7. The molecule has 4 aromatic rings. The fraction of sp³-hybridized carbons (Fsp3) is 0.138. The Morgan fingerprint density at radius 2 is 1.64 bits per heavy atom. The number of nitrogens with one attached hydrogen (secondary N) is 1. The van der Waals surface area contributed by atoms with Crippen LogP contribution in [0.2, 0.25) is 10.0 Å². The monoisotopic (exact) mass is 577 g/mol. The number of carbonyl (C=O) groups excluding carboxylic acids is 2. The van der Waals surface area contributed by atoms with Crippen molar-refractivity contribution in [3.63, 3.8) is 0 Å². The Balaban J connectivity index is 1.57. The van der Waals surface area contributed by atoms with Crippen molar-refractivity contribution in [2.45, 2.75) is 6.17 Å². The number of benzodiazepines with no additional fused rings is 1. The lowest BCUT2D eigenvalue weighted by atomic mass is 10.00. The summed E-state index contributed by atoms with van der Waals surface area (Å²) in [7, 11) is 5.55. The van der Waals surface area contributed by atoms with Crippen LogP contribution in [0, 0.1) is 0 Å². The van der Waals surface area contributed by atoms with Gasteiger partial charge in [-0.25, -0.2) is 14.1 Å². The summed E-state index contributed by atoms with van der Waals surface area (Å²) < 4.78 is 0.998. The summed E-state index contributed by atoms with van der Waals surface area (Å²) in [6.45, 7) is 0. The fourth-order valence-corrected chi connectivity index (χ4v) is 5.22. The lowest BCUT2D eigenvalue weighted by Gasteiger charge is -2.26. The first kappa shape index (κ1) is 26.9. The van der Waals surface area contributed by atoms with Crippen LogP contribution in [0.15, 0.2) is 83.9 Å². The third-order valence-electron chi connectivity index (χ3n) is 6.57. The first-order valence-corrected chi connectivity index (χ1v) is 13.2.